The molecule has 1 fully saturated rings. The molecule has 1 aliphatic rings. The van der Waals surface area contributed by atoms with Gasteiger partial charge in [0.2, 0.25) is 0 Å². The fraction of sp³-hybridized carbons (Fsp3) is 0.667. The van der Waals surface area contributed by atoms with Gasteiger partial charge in [-0.3, -0.25) is 0 Å². The lowest BCUT2D eigenvalue weighted by Gasteiger charge is -2.09. The zero-order valence-corrected chi connectivity index (χ0v) is 12.5. The number of pyridine rings is 1. The van der Waals surface area contributed by atoms with Gasteiger partial charge in [0, 0.05) is 18.8 Å². The van der Waals surface area contributed by atoms with Gasteiger partial charge in [-0.1, -0.05) is 19.9 Å². The van der Waals surface area contributed by atoms with E-state index in [1.54, 1.807) is 0 Å². The van der Waals surface area contributed by atoms with Crippen LogP contribution in [0, 0.1) is 12.8 Å². The Morgan fingerprint density at radius 3 is 2.83 bits per heavy atom. The van der Waals surface area contributed by atoms with Crippen molar-refractivity contribution in [1.82, 2.24) is 10.3 Å². The molecule has 1 aromatic rings. The van der Waals surface area contributed by atoms with Crippen LogP contribution in [0.2, 0.25) is 0 Å². The Hall–Kier alpha value is -0.540. The summed E-state index contributed by atoms with van der Waals surface area (Å²) in [6, 6.07) is 3.05. The van der Waals surface area contributed by atoms with Crippen LogP contribution in [-0.4, -0.2) is 16.8 Å². The maximum atomic E-state index is 4.60. The molecule has 0 saturated heterocycles. The van der Waals surface area contributed by atoms with Crippen LogP contribution in [-0.2, 0) is 6.54 Å². The van der Waals surface area contributed by atoms with Crippen molar-refractivity contribution in [3.05, 3.63) is 23.4 Å². The molecule has 0 amide bonds. The van der Waals surface area contributed by atoms with Gasteiger partial charge in [-0.15, -0.1) is 11.8 Å². The Balaban J connectivity index is 1.83. The van der Waals surface area contributed by atoms with E-state index in [2.05, 4.69) is 37.1 Å². The molecular formula is C15H24N2S. The summed E-state index contributed by atoms with van der Waals surface area (Å²) in [6.07, 6.45) is 5.97. The van der Waals surface area contributed by atoms with Gasteiger partial charge in [0.05, 0.1) is 5.03 Å². The summed E-state index contributed by atoms with van der Waals surface area (Å²) in [5.74, 6) is 1.95. The van der Waals surface area contributed by atoms with Crippen LogP contribution in [0.25, 0.3) is 0 Å². The van der Waals surface area contributed by atoms with Gasteiger partial charge in [0.25, 0.3) is 0 Å². The predicted molar refractivity (Wildman–Crippen MR) is 79.0 cm³/mol. The molecule has 0 spiro atoms. The minimum absolute atomic E-state index is 0.769. The second-order valence-corrected chi connectivity index (χ2v) is 6.74. The van der Waals surface area contributed by atoms with E-state index >= 15 is 0 Å². The van der Waals surface area contributed by atoms with Gasteiger partial charge in [0.1, 0.15) is 0 Å². The molecule has 0 atom stereocenters. The monoisotopic (exact) mass is 264 g/mol. The standard InChI is InChI=1S/C15H24N2S/c1-11(2)6-7-18-15-12(3)8-13(10-17-15)9-16-14-4-5-14/h8,10-11,14,16H,4-7,9H2,1-3H3. The van der Waals surface area contributed by atoms with E-state index in [-0.39, 0.29) is 0 Å². The fourth-order valence-corrected chi connectivity index (χ4v) is 3.01. The topological polar surface area (TPSA) is 24.9 Å². The third-order valence-electron chi connectivity index (χ3n) is 3.19. The summed E-state index contributed by atoms with van der Waals surface area (Å²) in [5.41, 5.74) is 2.63. The summed E-state index contributed by atoms with van der Waals surface area (Å²) >= 11 is 1.89. The number of thioether (sulfide) groups is 1. The molecule has 2 rings (SSSR count). The molecule has 100 valence electrons. The lowest BCUT2D eigenvalue weighted by atomic mass is 10.2. The van der Waals surface area contributed by atoms with Gasteiger partial charge >= 0.3 is 0 Å². The number of aromatic nitrogens is 1. The van der Waals surface area contributed by atoms with Crippen molar-refractivity contribution in [3.63, 3.8) is 0 Å². The Kier molecular flexibility index (Phi) is 5.07. The number of rotatable bonds is 7. The molecule has 1 aliphatic carbocycles. The normalized spacial score (nSPS) is 15.3. The third-order valence-corrected chi connectivity index (χ3v) is 4.33. The van der Waals surface area contributed by atoms with Crippen molar-refractivity contribution in [2.75, 3.05) is 5.75 Å². The Morgan fingerprint density at radius 1 is 1.44 bits per heavy atom. The average Bonchev–Trinajstić information content (AvgIpc) is 3.12. The summed E-state index contributed by atoms with van der Waals surface area (Å²) in [4.78, 5) is 4.60. The second kappa shape index (κ2) is 6.58. The molecule has 1 aromatic heterocycles. The fourth-order valence-electron chi connectivity index (χ4n) is 1.81. The first-order valence-electron chi connectivity index (χ1n) is 6.97. The van der Waals surface area contributed by atoms with Crippen molar-refractivity contribution in [2.24, 2.45) is 5.92 Å². The van der Waals surface area contributed by atoms with Gasteiger partial charge in [-0.05, 0) is 49.0 Å². The van der Waals surface area contributed by atoms with Crippen molar-refractivity contribution < 1.29 is 0 Å². The van der Waals surface area contributed by atoms with Crippen molar-refractivity contribution in [3.8, 4) is 0 Å². The highest BCUT2D eigenvalue weighted by Crippen LogP contribution is 2.23. The first-order valence-corrected chi connectivity index (χ1v) is 7.95. The van der Waals surface area contributed by atoms with E-state index in [1.807, 2.05) is 18.0 Å². The molecule has 0 bridgehead atoms. The summed E-state index contributed by atoms with van der Waals surface area (Å²) in [7, 11) is 0. The molecule has 2 nitrogen and oxygen atoms in total. The molecule has 0 aromatic carbocycles. The molecule has 18 heavy (non-hydrogen) atoms. The van der Waals surface area contributed by atoms with E-state index in [9.17, 15) is 0 Å². The molecule has 1 saturated carbocycles. The maximum Gasteiger partial charge on any atom is 0.0989 e. The third kappa shape index (κ3) is 4.62. The van der Waals surface area contributed by atoms with Crippen LogP contribution in [0.5, 0.6) is 0 Å². The summed E-state index contributed by atoms with van der Waals surface area (Å²) < 4.78 is 0. The molecule has 3 heteroatoms. The van der Waals surface area contributed by atoms with Gasteiger partial charge < -0.3 is 5.32 Å². The van der Waals surface area contributed by atoms with Crippen LogP contribution >= 0.6 is 11.8 Å². The van der Waals surface area contributed by atoms with Gasteiger partial charge in [-0.2, -0.15) is 0 Å². The first-order chi connectivity index (χ1) is 8.65. The molecule has 1 N–H and O–H groups in total. The van der Waals surface area contributed by atoms with E-state index in [1.165, 1.54) is 41.2 Å². The van der Waals surface area contributed by atoms with Crippen LogP contribution in [0.1, 0.15) is 44.2 Å². The number of nitrogens with one attached hydrogen (secondary N) is 1. The van der Waals surface area contributed by atoms with Crippen molar-refractivity contribution in [1.29, 1.82) is 0 Å². The Labute approximate surface area is 115 Å². The number of aryl methyl sites for hydroxylation is 1. The number of hydrogen-bond acceptors (Lipinski definition) is 3. The molecule has 0 radical (unpaired) electrons. The highest BCUT2D eigenvalue weighted by molar-refractivity contribution is 7.99. The predicted octanol–water partition coefficient (Wildman–Crippen LogP) is 3.78. The highest BCUT2D eigenvalue weighted by atomic mass is 32.2. The van der Waals surface area contributed by atoms with Crippen LogP contribution in [0.3, 0.4) is 0 Å². The Bertz CT molecular complexity index is 386. The smallest absolute Gasteiger partial charge is 0.0989 e. The molecule has 0 aliphatic heterocycles. The van der Waals surface area contributed by atoms with Crippen LogP contribution < -0.4 is 5.32 Å². The highest BCUT2D eigenvalue weighted by Gasteiger charge is 2.20. The molecule has 1 heterocycles. The van der Waals surface area contributed by atoms with Crippen LogP contribution in [0.4, 0.5) is 0 Å². The van der Waals surface area contributed by atoms with Crippen LogP contribution in [0.15, 0.2) is 17.3 Å². The minimum Gasteiger partial charge on any atom is -0.310 e. The first kappa shape index (κ1) is 13.9. The zero-order valence-electron chi connectivity index (χ0n) is 11.7. The van der Waals surface area contributed by atoms with E-state index in [0.717, 1.165) is 18.5 Å². The quantitative estimate of drug-likeness (QED) is 0.759. The Morgan fingerprint density at radius 2 is 2.22 bits per heavy atom. The lowest BCUT2D eigenvalue weighted by Crippen LogP contribution is -2.15. The zero-order chi connectivity index (χ0) is 13.0. The summed E-state index contributed by atoms with van der Waals surface area (Å²) in [5, 5.41) is 4.73. The lowest BCUT2D eigenvalue weighted by molar-refractivity contribution is 0.632. The molecule has 0 unspecified atom stereocenters. The number of nitrogens with zero attached hydrogens (tertiary/aromatic N) is 1. The summed E-state index contributed by atoms with van der Waals surface area (Å²) in [6.45, 7) is 7.68. The van der Waals surface area contributed by atoms with E-state index in [0.29, 0.717) is 0 Å². The number of hydrogen-bond donors (Lipinski definition) is 1. The van der Waals surface area contributed by atoms with Gasteiger partial charge in [0.15, 0.2) is 0 Å². The van der Waals surface area contributed by atoms with E-state index in [4.69, 9.17) is 0 Å². The van der Waals surface area contributed by atoms with Crippen molar-refractivity contribution in [2.45, 2.75) is 57.6 Å². The largest absolute Gasteiger partial charge is 0.310 e. The van der Waals surface area contributed by atoms with E-state index < -0.39 is 0 Å². The second-order valence-electron chi connectivity index (χ2n) is 5.65. The maximum absolute atomic E-state index is 4.60. The average molecular weight is 264 g/mol. The van der Waals surface area contributed by atoms with Crippen molar-refractivity contribution >= 4 is 11.8 Å². The SMILES string of the molecule is Cc1cc(CNC2CC2)cnc1SCCC(C)C. The minimum atomic E-state index is 0.769. The molecular weight excluding hydrogens is 240 g/mol. The van der Waals surface area contributed by atoms with Gasteiger partial charge in [-0.25, -0.2) is 4.98 Å².